The van der Waals surface area contributed by atoms with Crippen molar-refractivity contribution in [2.75, 3.05) is 0 Å². The molecule has 96 valence electrons. The standard InChI is InChI=1S/C18H13NO/c19-14-16-10-12-17(13-11-16)18(20)9-5-4-8-15-6-2-1-3-7-15/h1-13H. The molecule has 0 aliphatic heterocycles. The van der Waals surface area contributed by atoms with Gasteiger partial charge in [-0.05, 0) is 35.9 Å². The number of carbonyl (C=O) groups excluding carboxylic acids is 1. The largest absolute Gasteiger partial charge is 0.289 e. The van der Waals surface area contributed by atoms with Crippen molar-refractivity contribution in [3.63, 3.8) is 0 Å². The Labute approximate surface area is 118 Å². The Balaban J connectivity index is 1.99. The second-order valence-electron chi connectivity index (χ2n) is 4.18. The molecule has 0 aliphatic carbocycles. The summed E-state index contributed by atoms with van der Waals surface area (Å²) in [7, 11) is 0. The van der Waals surface area contributed by atoms with Gasteiger partial charge in [0.25, 0.3) is 0 Å². The van der Waals surface area contributed by atoms with Crippen molar-refractivity contribution < 1.29 is 4.79 Å². The molecule has 2 nitrogen and oxygen atoms in total. The first kappa shape index (κ1) is 13.5. The van der Waals surface area contributed by atoms with Gasteiger partial charge in [-0.15, -0.1) is 0 Å². The summed E-state index contributed by atoms with van der Waals surface area (Å²) in [5.74, 6) is -0.0767. The molecule has 20 heavy (non-hydrogen) atoms. The van der Waals surface area contributed by atoms with Crippen LogP contribution in [0.1, 0.15) is 21.5 Å². The van der Waals surface area contributed by atoms with Crippen molar-refractivity contribution in [2.45, 2.75) is 0 Å². The molecule has 0 amide bonds. The Bertz CT molecular complexity index is 674. The summed E-state index contributed by atoms with van der Waals surface area (Å²) in [5, 5.41) is 8.69. The van der Waals surface area contributed by atoms with E-state index < -0.39 is 0 Å². The lowest BCUT2D eigenvalue weighted by Crippen LogP contribution is -1.93. The van der Waals surface area contributed by atoms with Crippen LogP contribution in [0.2, 0.25) is 0 Å². The molecule has 0 saturated carbocycles. The number of ketones is 1. The molecular formula is C18H13NO. The number of hydrogen-bond donors (Lipinski definition) is 0. The zero-order valence-electron chi connectivity index (χ0n) is 10.9. The molecular weight excluding hydrogens is 246 g/mol. The topological polar surface area (TPSA) is 40.9 Å². The Hall–Kier alpha value is -2.92. The molecule has 0 fully saturated rings. The fourth-order valence-corrected chi connectivity index (χ4v) is 1.68. The van der Waals surface area contributed by atoms with Gasteiger partial charge in [-0.1, -0.05) is 48.6 Å². The van der Waals surface area contributed by atoms with Gasteiger partial charge < -0.3 is 0 Å². The van der Waals surface area contributed by atoms with Gasteiger partial charge in [0, 0.05) is 5.56 Å². The van der Waals surface area contributed by atoms with E-state index in [1.165, 1.54) is 6.08 Å². The van der Waals surface area contributed by atoms with E-state index in [1.54, 1.807) is 30.3 Å². The van der Waals surface area contributed by atoms with Crippen LogP contribution < -0.4 is 0 Å². The molecule has 0 spiro atoms. The predicted octanol–water partition coefficient (Wildman–Crippen LogP) is 4.01. The second-order valence-corrected chi connectivity index (χ2v) is 4.18. The number of hydrogen-bond acceptors (Lipinski definition) is 2. The van der Waals surface area contributed by atoms with Gasteiger partial charge in [-0.2, -0.15) is 5.26 Å². The highest BCUT2D eigenvalue weighted by atomic mass is 16.1. The number of benzene rings is 2. The first-order chi connectivity index (χ1) is 9.79. The van der Waals surface area contributed by atoms with Crippen molar-refractivity contribution in [1.82, 2.24) is 0 Å². The Morgan fingerprint density at radius 1 is 0.950 bits per heavy atom. The number of rotatable bonds is 4. The molecule has 2 heteroatoms. The molecule has 2 aromatic carbocycles. The van der Waals surface area contributed by atoms with Gasteiger partial charge in [0.15, 0.2) is 5.78 Å². The summed E-state index contributed by atoms with van der Waals surface area (Å²) in [4.78, 5) is 11.9. The van der Waals surface area contributed by atoms with Crippen LogP contribution in [0.5, 0.6) is 0 Å². The monoisotopic (exact) mass is 259 g/mol. The quantitative estimate of drug-likeness (QED) is 0.473. The van der Waals surface area contributed by atoms with E-state index in [0.29, 0.717) is 11.1 Å². The molecule has 2 rings (SSSR count). The zero-order valence-corrected chi connectivity index (χ0v) is 10.9. The van der Waals surface area contributed by atoms with Crippen LogP contribution in [-0.2, 0) is 0 Å². The van der Waals surface area contributed by atoms with Crippen LogP contribution in [0, 0.1) is 11.3 Å². The van der Waals surface area contributed by atoms with E-state index in [4.69, 9.17) is 5.26 Å². The predicted molar refractivity (Wildman–Crippen MR) is 80.1 cm³/mol. The summed E-state index contributed by atoms with van der Waals surface area (Å²) < 4.78 is 0. The minimum atomic E-state index is -0.0767. The van der Waals surface area contributed by atoms with Crippen molar-refractivity contribution in [3.05, 3.63) is 89.5 Å². The van der Waals surface area contributed by atoms with E-state index in [9.17, 15) is 4.79 Å². The van der Waals surface area contributed by atoms with E-state index >= 15 is 0 Å². The Kier molecular flexibility index (Phi) is 4.64. The average molecular weight is 259 g/mol. The summed E-state index contributed by atoms with van der Waals surface area (Å²) in [6.07, 6.45) is 6.99. The van der Waals surface area contributed by atoms with Crippen LogP contribution in [-0.4, -0.2) is 5.78 Å². The highest BCUT2D eigenvalue weighted by molar-refractivity contribution is 6.04. The van der Waals surface area contributed by atoms with Crippen LogP contribution in [0.3, 0.4) is 0 Å². The SMILES string of the molecule is N#Cc1ccc(C(=O)C=CC=Cc2ccccc2)cc1. The van der Waals surface area contributed by atoms with E-state index in [-0.39, 0.29) is 5.78 Å². The summed E-state index contributed by atoms with van der Waals surface area (Å²) in [5.41, 5.74) is 2.21. The van der Waals surface area contributed by atoms with Gasteiger partial charge >= 0.3 is 0 Å². The fourth-order valence-electron chi connectivity index (χ4n) is 1.68. The first-order valence-corrected chi connectivity index (χ1v) is 6.24. The summed E-state index contributed by atoms with van der Waals surface area (Å²) >= 11 is 0. The number of nitrogens with zero attached hydrogens (tertiary/aromatic N) is 1. The molecule has 0 atom stereocenters. The summed E-state index contributed by atoms with van der Waals surface area (Å²) in [6.45, 7) is 0. The highest BCUT2D eigenvalue weighted by Crippen LogP contribution is 2.05. The van der Waals surface area contributed by atoms with Crippen molar-refractivity contribution in [3.8, 4) is 6.07 Å². The van der Waals surface area contributed by atoms with E-state index in [0.717, 1.165) is 5.56 Å². The maximum atomic E-state index is 11.9. The molecule has 2 aromatic rings. The van der Waals surface area contributed by atoms with Crippen LogP contribution in [0.15, 0.2) is 72.8 Å². The van der Waals surface area contributed by atoms with E-state index in [1.807, 2.05) is 48.6 Å². The Morgan fingerprint density at radius 3 is 2.30 bits per heavy atom. The lowest BCUT2D eigenvalue weighted by molar-refractivity contribution is 0.104. The first-order valence-electron chi connectivity index (χ1n) is 6.24. The van der Waals surface area contributed by atoms with Crippen molar-refractivity contribution in [1.29, 1.82) is 5.26 Å². The van der Waals surface area contributed by atoms with Crippen LogP contribution in [0.4, 0.5) is 0 Å². The lowest BCUT2D eigenvalue weighted by atomic mass is 10.1. The molecule has 0 aliphatic rings. The zero-order chi connectivity index (χ0) is 14.2. The molecule has 0 aromatic heterocycles. The van der Waals surface area contributed by atoms with Crippen molar-refractivity contribution in [2.24, 2.45) is 0 Å². The van der Waals surface area contributed by atoms with Gasteiger partial charge in [0.1, 0.15) is 0 Å². The summed E-state index contributed by atoms with van der Waals surface area (Å²) in [6, 6.07) is 18.5. The fraction of sp³-hybridized carbons (Fsp3) is 0. The van der Waals surface area contributed by atoms with Gasteiger partial charge in [-0.3, -0.25) is 4.79 Å². The molecule has 0 bridgehead atoms. The molecule has 0 unspecified atom stereocenters. The number of nitriles is 1. The van der Waals surface area contributed by atoms with Crippen LogP contribution >= 0.6 is 0 Å². The smallest absolute Gasteiger partial charge is 0.185 e. The third-order valence-corrected chi connectivity index (χ3v) is 2.75. The maximum absolute atomic E-state index is 11.9. The molecule has 0 N–H and O–H groups in total. The van der Waals surface area contributed by atoms with Gasteiger partial charge in [-0.25, -0.2) is 0 Å². The van der Waals surface area contributed by atoms with E-state index in [2.05, 4.69) is 0 Å². The average Bonchev–Trinajstić information content (AvgIpc) is 2.52. The minimum absolute atomic E-state index is 0.0767. The maximum Gasteiger partial charge on any atom is 0.185 e. The highest BCUT2D eigenvalue weighted by Gasteiger charge is 2.00. The molecule has 0 radical (unpaired) electrons. The third-order valence-electron chi connectivity index (χ3n) is 2.75. The normalized spacial score (nSPS) is 10.8. The Morgan fingerprint density at radius 2 is 1.65 bits per heavy atom. The third kappa shape index (κ3) is 3.79. The minimum Gasteiger partial charge on any atom is -0.289 e. The van der Waals surface area contributed by atoms with Crippen LogP contribution in [0.25, 0.3) is 6.08 Å². The number of allylic oxidation sites excluding steroid dienone is 3. The van der Waals surface area contributed by atoms with Crippen molar-refractivity contribution >= 4 is 11.9 Å². The molecule has 0 heterocycles. The van der Waals surface area contributed by atoms with Gasteiger partial charge in [0.2, 0.25) is 0 Å². The lowest BCUT2D eigenvalue weighted by Gasteiger charge is -1.94. The number of carbonyl (C=O) groups is 1. The molecule has 0 saturated heterocycles. The second kappa shape index (κ2) is 6.86. The van der Waals surface area contributed by atoms with Gasteiger partial charge in [0.05, 0.1) is 11.6 Å².